The van der Waals surface area contributed by atoms with Crippen molar-refractivity contribution in [3.8, 4) is 0 Å². The highest BCUT2D eigenvalue weighted by Crippen LogP contribution is 2.43. The molecule has 0 radical (unpaired) electrons. The summed E-state index contributed by atoms with van der Waals surface area (Å²) in [6.07, 6.45) is 3.17. The number of nitrogens with zero attached hydrogens (tertiary/aromatic N) is 1. The first-order chi connectivity index (χ1) is 8.11. The first kappa shape index (κ1) is 12.0. The number of carbonyl (C=O) groups excluding carboxylic acids is 1. The quantitative estimate of drug-likeness (QED) is 0.755. The molecule has 5 heteroatoms. The molecule has 2 fully saturated rings. The van der Waals surface area contributed by atoms with Gasteiger partial charge in [-0.25, -0.2) is 4.79 Å². The second-order valence-corrected chi connectivity index (χ2v) is 4.76. The number of amides is 1. The smallest absolute Gasteiger partial charge is 0.410 e. The molecule has 3 unspecified atom stereocenters. The lowest BCUT2D eigenvalue weighted by molar-refractivity contribution is -0.138. The van der Waals surface area contributed by atoms with Crippen molar-refractivity contribution < 1.29 is 19.4 Å². The third-order valence-electron chi connectivity index (χ3n) is 3.68. The maximum atomic E-state index is 11.7. The van der Waals surface area contributed by atoms with Gasteiger partial charge in [0.15, 0.2) is 0 Å². The van der Waals surface area contributed by atoms with Crippen molar-refractivity contribution >= 4 is 12.1 Å². The average Bonchev–Trinajstić information content (AvgIpc) is 2.84. The number of piperidine rings is 1. The van der Waals surface area contributed by atoms with Crippen molar-refractivity contribution in [2.45, 2.75) is 25.3 Å². The number of carboxylic acids is 1. The lowest BCUT2D eigenvalue weighted by Gasteiger charge is -2.30. The largest absolute Gasteiger partial charge is 0.481 e. The molecule has 1 saturated heterocycles. The number of carbonyl (C=O) groups is 2. The maximum Gasteiger partial charge on any atom is 0.410 e. The molecule has 1 N–H and O–H groups in total. The zero-order chi connectivity index (χ0) is 12.4. The van der Waals surface area contributed by atoms with Crippen LogP contribution in [-0.2, 0) is 9.53 Å². The van der Waals surface area contributed by atoms with Crippen molar-refractivity contribution in [3.63, 3.8) is 0 Å². The van der Waals surface area contributed by atoms with Crippen LogP contribution in [0.15, 0.2) is 12.7 Å². The molecular weight excluding hydrogens is 222 g/mol. The van der Waals surface area contributed by atoms with E-state index in [1.165, 1.54) is 0 Å². The summed E-state index contributed by atoms with van der Waals surface area (Å²) >= 11 is 0. The molecule has 0 spiro atoms. The van der Waals surface area contributed by atoms with E-state index in [9.17, 15) is 9.59 Å². The summed E-state index contributed by atoms with van der Waals surface area (Å²) in [7, 11) is 0. The minimum absolute atomic E-state index is 0.168. The number of aliphatic carboxylic acids is 1. The van der Waals surface area contributed by atoms with Gasteiger partial charge in [0.2, 0.25) is 0 Å². The first-order valence-corrected chi connectivity index (χ1v) is 5.88. The number of likely N-dealkylation sites (tertiary alicyclic amines) is 1. The number of rotatable bonds is 4. The van der Waals surface area contributed by atoms with E-state index in [4.69, 9.17) is 9.84 Å². The molecule has 2 aliphatic rings. The van der Waals surface area contributed by atoms with Gasteiger partial charge in [0.25, 0.3) is 0 Å². The van der Waals surface area contributed by atoms with E-state index in [2.05, 4.69) is 6.58 Å². The standard InChI is InChI=1S/C12H17NO4/c1-2-3-17-12(16)13-7-9-5-10(13)4-8(9)6-11(14)15/h2,8-10H,1,3-7H2,(H,14,15). The fraction of sp³-hybridized carbons (Fsp3) is 0.667. The van der Waals surface area contributed by atoms with Crippen molar-refractivity contribution in [2.24, 2.45) is 11.8 Å². The van der Waals surface area contributed by atoms with E-state index in [0.29, 0.717) is 12.5 Å². The Kier molecular flexibility index (Phi) is 3.36. The molecular formula is C12H17NO4. The molecule has 1 saturated carbocycles. The zero-order valence-electron chi connectivity index (χ0n) is 9.67. The van der Waals surface area contributed by atoms with E-state index in [1.54, 1.807) is 11.0 Å². The monoisotopic (exact) mass is 239 g/mol. The van der Waals surface area contributed by atoms with Crippen LogP contribution in [0.25, 0.3) is 0 Å². The molecule has 3 atom stereocenters. The number of fused-ring (bicyclic) bond motifs is 2. The van der Waals surface area contributed by atoms with Crippen molar-refractivity contribution in [1.82, 2.24) is 4.90 Å². The van der Waals surface area contributed by atoms with Gasteiger partial charge in [0.1, 0.15) is 6.61 Å². The van der Waals surface area contributed by atoms with Crippen LogP contribution in [0.1, 0.15) is 19.3 Å². The van der Waals surface area contributed by atoms with Crippen LogP contribution in [0.2, 0.25) is 0 Å². The van der Waals surface area contributed by atoms with Crippen LogP contribution in [0.4, 0.5) is 4.79 Å². The van der Waals surface area contributed by atoms with Gasteiger partial charge in [-0.05, 0) is 24.7 Å². The maximum absolute atomic E-state index is 11.7. The van der Waals surface area contributed by atoms with Gasteiger partial charge >= 0.3 is 12.1 Å². The number of carboxylic acid groups (broad SMARTS) is 1. The normalized spacial score (nSPS) is 30.4. The Labute approximate surface area is 100 Å². The second-order valence-electron chi connectivity index (χ2n) is 4.76. The highest BCUT2D eigenvalue weighted by molar-refractivity contribution is 5.69. The molecule has 0 aromatic heterocycles. The Hall–Kier alpha value is -1.52. The fourth-order valence-corrected chi connectivity index (χ4v) is 2.97. The minimum atomic E-state index is -0.747. The van der Waals surface area contributed by atoms with E-state index in [0.717, 1.165) is 12.8 Å². The molecule has 0 aromatic carbocycles. The Balaban J connectivity index is 1.87. The Morgan fingerprint density at radius 1 is 1.47 bits per heavy atom. The summed E-state index contributed by atoms with van der Waals surface area (Å²) in [5.41, 5.74) is 0. The Bertz CT molecular complexity index is 341. The molecule has 2 bridgehead atoms. The number of ether oxygens (including phenoxy) is 1. The molecule has 1 aliphatic carbocycles. The highest BCUT2D eigenvalue weighted by atomic mass is 16.6. The van der Waals surface area contributed by atoms with Gasteiger partial charge < -0.3 is 14.7 Å². The molecule has 5 nitrogen and oxygen atoms in total. The molecule has 0 aromatic rings. The topological polar surface area (TPSA) is 66.8 Å². The van der Waals surface area contributed by atoms with Crippen LogP contribution in [0.3, 0.4) is 0 Å². The predicted molar refractivity (Wildman–Crippen MR) is 60.5 cm³/mol. The number of hydrogen-bond acceptors (Lipinski definition) is 3. The predicted octanol–water partition coefficient (Wildman–Crippen LogP) is 1.49. The van der Waals surface area contributed by atoms with Crippen LogP contribution in [-0.4, -0.2) is 41.3 Å². The van der Waals surface area contributed by atoms with Gasteiger partial charge in [-0.2, -0.15) is 0 Å². The second kappa shape index (κ2) is 4.77. The molecule has 94 valence electrons. The number of hydrogen-bond donors (Lipinski definition) is 1. The molecule has 17 heavy (non-hydrogen) atoms. The van der Waals surface area contributed by atoms with E-state index < -0.39 is 5.97 Å². The summed E-state index contributed by atoms with van der Waals surface area (Å²) in [4.78, 5) is 24.1. The zero-order valence-corrected chi connectivity index (χ0v) is 9.67. The summed E-state index contributed by atoms with van der Waals surface area (Å²) in [5, 5.41) is 8.78. The van der Waals surface area contributed by atoms with Crippen molar-refractivity contribution in [3.05, 3.63) is 12.7 Å². The van der Waals surface area contributed by atoms with E-state index in [1.807, 2.05) is 0 Å². The van der Waals surface area contributed by atoms with Gasteiger partial charge in [0, 0.05) is 19.0 Å². The van der Waals surface area contributed by atoms with Crippen LogP contribution in [0.5, 0.6) is 0 Å². The van der Waals surface area contributed by atoms with E-state index >= 15 is 0 Å². The first-order valence-electron chi connectivity index (χ1n) is 5.88. The Morgan fingerprint density at radius 3 is 2.76 bits per heavy atom. The third-order valence-corrected chi connectivity index (χ3v) is 3.68. The van der Waals surface area contributed by atoms with Crippen molar-refractivity contribution in [1.29, 1.82) is 0 Å². The van der Waals surface area contributed by atoms with E-state index in [-0.39, 0.29) is 31.1 Å². The third kappa shape index (κ3) is 2.43. The summed E-state index contributed by atoms with van der Waals surface area (Å²) < 4.78 is 5.00. The summed E-state index contributed by atoms with van der Waals surface area (Å²) in [6.45, 7) is 4.36. The summed E-state index contributed by atoms with van der Waals surface area (Å²) in [6, 6.07) is 0.168. The molecule has 1 heterocycles. The summed E-state index contributed by atoms with van der Waals surface area (Å²) in [5.74, 6) is -0.198. The van der Waals surface area contributed by atoms with Gasteiger partial charge in [0.05, 0.1) is 0 Å². The van der Waals surface area contributed by atoms with Gasteiger partial charge in [-0.1, -0.05) is 12.7 Å². The van der Waals surface area contributed by atoms with Crippen molar-refractivity contribution in [2.75, 3.05) is 13.2 Å². The highest BCUT2D eigenvalue weighted by Gasteiger charge is 2.47. The molecule has 1 aliphatic heterocycles. The van der Waals surface area contributed by atoms with Crippen LogP contribution in [0, 0.1) is 11.8 Å². The fourth-order valence-electron chi connectivity index (χ4n) is 2.97. The molecule has 2 rings (SSSR count). The lowest BCUT2D eigenvalue weighted by Crippen LogP contribution is -2.40. The molecule has 1 amide bonds. The average molecular weight is 239 g/mol. The van der Waals surface area contributed by atoms with Gasteiger partial charge in [-0.3, -0.25) is 4.79 Å². The lowest BCUT2D eigenvalue weighted by atomic mass is 9.91. The van der Waals surface area contributed by atoms with Gasteiger partial charge in [-0.15, -0.1) is 0 Å². The minimum Gasteiger partial charge on any atom is -0.481 e. The van der Waals surface area contributed by atoms with Crippen LogP contribution < -0.4 is 0 Å². The van der Waals surface area contributed by atoms with Crippen LogP contribution >= 0.6 is 0 Å². The SMILES string of the molecule is C=CCOC(=O)N1CC2CC1CC2CC(=O)O. The Morgan fingerprint density at radius 2 is 2.24 bits per heavy atom.